The van der Waals surface area contributed by atoms with Crippen LogP contribution in [0.2, 0.25) is 0 Å². The van der Waals surface area contributed by atoms with E-state index >= 15 is 0 Å². The molecule has 2 amide bonds. The largest absolute Gasteiger partial charge is 0.492 e. The Hall–Kier alpha value is -2.49. The first-order valence-corrected chi connectivity index (χ1v) is 12.9. The molecule has 2 fully saturated rings. The van der Waals surface area contributed by atoms with Gasteiger partial charge in [0.05, 0.1) is 17.1 Å². The summed E-state index contributed by atoms with van der Waals surface area (Å²) in [5.74, 6) is 1.21. The van der Waals surface area contributed by atoms with Crippen LogP contribution in [0.3, 0.4) is 0 Å². The van der Waals surface area contributed by atoms with Gasteiger partial charge in [0.25, 0.3) is 0 Å². The average Bonchev–Trinajstić information content (AvgIpc) is 3.41. The summed E-state index contributed by atoms with van der Waals surface area (Å²) in [5, 5.41) is 6.01. The first kappa shape index (κ1) is 24.6. The van der Waals surface area contributed by atoms with Crippen molar-refractivity contribution >= 4 is 23.2 Å². The zero-order chi connectivity index (χ0) is 23.9. The number of aryl methyl sites for hydroxylation is 1. The van der Waals surface area contributed by atoms with Gasteiger partial charge < -0.3 is 19.9 Å². The Bertz CT molecular complexity index is 973. The molecule has 3 heterocycles. The number of hydrogen-bond acceptors (Lipinski definition) is 7. The third-order valence-electron chi connectivity index (χ3n) is 6.37. The molecule has 9 heteroatoms. The van der Waals surface area contributed by atoms with Crippen LogP contribution in [0.5, 0.6) is 5.75 Å². The minimum atomic E-state index is 0.160. The van der Waals surface area contributed by atoms with Crippen LogP contribution in [0, 0.1) is 6.92 Å². The van der Waals surface area contributed by atoms with Crippen molar-refractivity contribution < 1.29 is 14.3 Å². The number of nitrogens with zero attached hydrogens (tertiary/aromatic N) is 4. The van der Waals surface area contributed by atoms with Gasteiger partial charge in [-0.1, -0.05) is 12.1 Å². The number of hydrogen-bond donors (Lipinski definition) is 1. The highest BCUT2D eigenvalue weighted by atomic mass is 32.1. The standard InChI is InChI=1S/C25H35N5O3S/c1-19-26-22(18-34-19)15-25(32)30-10-8-29(9-11-30)12-13-33-23-5-3-4-20(14-23)16-28(2)17-21-6-7-24(31)27-21/h3-5,14,18,21H,6-13,15-17H2,1-2H3,(H,27,31)/t21-/m0/s1. The highest BCUT2D eigenvalue weighted by Gasteiger charge is 2.23. The summed E-state index contributed by atoms with van der Waals surface area (Å²) in [5.41, 5.74) is 2.08. The maximum Gasteiger partial charge on any atom is 0.228 e. The predicted octanol–water partition coefficient (Wildman–Crippen LogP) is 1.93. The van der Waals surface area contributed by atoms with E-state index in [0.717, 1.165) is 68.7 Å². The van der Waals surface area contributed by atoms with Crippen LogP contribution in [0.4, 0.5) is 0 Å². The number of benzene rings is 1. The van der Waals surface area contributed by atoms with E-state index in [2.05, 4.69) is 39.3 Å². The first-order valence-electron chi connectivity index (χ1n) is 12.1. The molecule has 0 saturated carbocycles. The molecule has 34 heavy (non-hydrogen) atoms. The van der Waals surface area contributed by atoms with Gasteiger partial charge in [0.2, 0.25) is 11.8 Å². The Morgan fingerprint density at radius 1 is 1.29 bits per heavy atom. The summed E-state index contributed by atoms with van der Waals surface area (Å²) >= 11 is 1.59. The van der Waals surface area contributed by atoms with Crippen molar-refractivity contribution in [2.75, 3.05) is 52.9 Å². The van der Waals surface area contributed by atoms with Crippen molar-refractivity contribution in [3.63, 3.8) is 0 Å². The van der Waals surface area contributed by atoms with Crippen LogP contribution in [-0.4, -0.2) is 90.5 Å². The van der Waals surface area contributed by atoms with Crippen molar-refractivity contribution in [3.8, 4) is 5.75 Å². The van der Waals surface area contributed by atoms with Gasteiger partial charge in [-0.25, -0.2) is 4.98 Å². The topological polar surface area (TPSA) is 78.0 Å². The van der Waals surface area contributed by atoms with Gasteiger partial charge in [-0.2, -0.15) is 0 Å². The van der Waals surface area contributed by atoms with Gasteiger partial charge in [-0.3, -0.25) is 14.5 Å². The number of aromatic nitrogens is 1. The molecule has 4 rings (SSSR count). The first-order chi connectivity index (χ1) is 16.4. The molecule has 1 atom stereocenters. The quantitative estimate of drug-likeness (QED) is 0.554. The van der Waals surface area contributed by atoms with Crippen LogP contribution < -0.4 is 10.1 Å². The number of thiazole rings is 1. The van der Waals surface area contributed by atoms with Crippen molar-refractivity contribution in [3.05, 3.63) is 45.9 Å². The van der Waals surface area contributed by atoms with E-state index < -0.39 is 0 Å². The van der Waals surface area contributed by atoms with E-state index in [1.807, 2.05) is 29.3 Å². The lowest BCUT2D eigenvalue weighted by molar-refractivity contribution is -0.132. The molecule has 8 nitrogen and oxygen atoms in total. The highest BCUT2D eigenvalue weighted by molar-refractivity contribution is 7.09. The number of carbonyl (C=O) groups excluding carboxylic acids is 2. The molecule has 0 unspecified atom stereocenters. The summed E-state index contributed by atoms with van der Waals surface area (Å²) in [7, 11) is 2.08. The maximum atomic E-state index is 12.5. The molecule has 0 radical (unpaired) electrons. The van der Waals surface area contributed by atoms with Gasteiger partial charge in [-0.15, -0.1) is 11.3 Å². The smallest absolute Gasteiger partial charge is 0.228 e. The summed E-state index contributed by atoms with van der Waals surface area (Å²) in [6, 6.07) is 8.49. The second-order valence-electron chi connectivity index (χ2n) is 9.25. The fraction of sp³-hybridized carbons (Fsp3) is 0.560. The summed E-state index contributed by atoms with van der Waals surface area (Å²) in [6.45, 7) is 8.36. The van der Waals surface area contributed by atoms with E-state index in [0.29, 0.717) is 19.4 Å². The third kappa shape index (κ3) is 7.25. The summed E-state index contributed by atoms with van der Waals surface area (Å²) in [4.78, 5) is 34.9. The number of rotatable bonds is 10. The Balaban J connectivity index is 1.14. The minimum absolute atomic E-state index is 0.160. The van der Waals surface area contributed by atoms with Crippen molar-refractivity contribution in [1.29, 1.82) is 0 Å². The van der Waals surface area contributed by atoms with Crippen LogP contribution in [0.1, 0.15) is 29.1 Å². The number of nitrogens with one attached hydrogen (secondary N) is 1. The molecular formula is C25H35N5O3S. The molecule has 184 valence electrons. The van der Waals surface area contributed by atoms with Crippen LogP contribution >= 0.6 is 11.3 Å². The zero-order valence-electron chi connectivity index (χ0n) is 20.2. The van der Waals surface area contributed by atoms with E-state index in [1.165, 1.54) is 5.56 Å². The molecule has 2 aromatic rings. The monoisotopic (exact) mass is 485 g/mol. The molecule has 0 aliphatic carbocycles. The molecule has 2 aliphatic heterocycles. The summed E-state index contributed by atoms with van der Waals surface area (Å²) < 4.78 is 6.03. The molecule has 2 aliphatic rings. The average molecular weight is 486 g/mol. The van der Waals surface area contributed by atoms with Crippen molar-refractivity contribution in [2.24, 2.45) is 0 Å². The Morgan fingerprint density at radius 3 is 2.82 bits per heavy atom. The second-order valence-corrected chi connectivity index (χ2v) is 10.3. The molecule has 1 aromatic carbocycles. The summed E-state index contributed by atoms with van der Waals surface area (Å²) in [6.07, 6.45) is 1.95. The van der Waals surface area contributed by atoms with Gasteiger partial charge in [0.15, 0.2) is 0 Å². The zero-order valence-corrected chi connectivity index (χ0v) is 21.0. The Morgan fingerprint density at radius 2 is 2.12 bits per heavy atom. The molecule has 0 spiro atoms. The molecule has 1 N–H and O–H groups in total. The lowest BCUT2D eigenvalue weighted by Gasteiger charge is -2.34. The van der Waals surface area contributed by atoms with Gasteiger partial charge in [0, 0.05) is 63.7 Å². The van der Waals surface area contributed by atoms with E-state index in [9.17, 15) is 9.59 Å². The van der Waals surface area contributed by atoms with Gasteiger partial charge in [0.1, 0.15) is 12.4 Å². The third-order valence-corrected chi connectivity index (χ3v) is 7.19. The number of ether oxygens (including phenoxy) is 1. The van der Waals surface area contributed by atoms with Crippen molar-refractivity contribution in [1.82, 2.24) is 25.0 Å². The Kier molecular flexibility index (Phi) is 8.53. The number of amides is 2. The number of carbonyl (C=O) groups is 2. The highest BCUT2D eigenvalue weighted by Crippen LogP contribution is 2.16. The minimum Gasteiger partial charge on any atom is -0.492 e. The lowest BCUT2D eigenvalue weighted by atomic mass is 10.1. The van der Waals surface area contributed by atoms with E-state index in [-0.39, 0.29) is 17.9 Å². The van der Waals surface area contributed by atoms with E-state index in [4.69, 9.17) is 4.74 Å². The van der Waals surface area contributed by atoms with Crippen LogP contribution in [-0.2, 0) is 22.6 Å². The SMILES string of the molecule is Cc1nc(CC(=O)N2CCN(CCOc3cccc(CN(C)C[C@@H]4CCC(=O)N4)c3)CC2)cs1. The lowest BCUT2D eigenvalue weighted by Crippen LogP contribution is -2.50. The Labute approximate surface area is 205 Å². The molecule has 2 saturated heterocycles. The molecule has 1 aromatic heterocycles. The number of likely N-dealkylation sites (N-methyl/N-ethyl adjacent to an activating group) is 1. The van der Waals surface area contributed by atoms with E-state index in [1.54, 1.807) is 11.3 Å². The molecular weight excluding hydrogens is 450 g/mol. The van der Waals surface area contributed by atoms with Crippen LogP contribution in [0.25, 0.3) is 0 Å². The molecule has 0 bridgehead atoms. The van der Waals surface area contributed by atoms with Crippen LogP contribution in [0.15, 0.2) is 29.6 Å². The fourth-order valence-electron chi connectivity index (χ4n) is 4.57. The number of piperazine rings is 1. The van der Waals surface area contributed by atoms with Gasteiger partial charge >= 0.3 is 0 Å². The maximum absolute atomic E-state index is 12.5. The van der Waals surface area contributed by atoms with Gasteiger partial charge in [-0.05, 0) is 38.1 Å². The normalized spacial score (nSPS) is 19.0. The van der Waals surface area contributed by atoms with Crippen molar-refractivity contribution in [2.45, 2.75) is 38.8 Å². The fourth-order valence-corrected chi connectivity index (χ4v) is 5.18. The predicted molar refractivity (Wildman–Crippen MR) is 133 cm³/mol. The second kappa shape index (κ2) is 11.8.